The van der Waals surface area contributed by atoms with Crippen LogP contribution in [0.3, 0.4) is 0 Å². The number of ether oxygens (including phenoxy) is 2. The van der Waals surface area contributed by atoms with Gasteiger partial charge in [0.15, 0.2) is 0 Å². The summed E-state index contributed by atoms with van der Waals surface area (Å²) in [6, 6.07) is 0. The molecular weight excluding hydrogens is 152 g/mol. The standard InChI is InChI=1S/C10H14O2/c1(3-5-9-7-11-9)2-4-6-10-8-12-10/h3-6,9-10H,1-2,7-8H2/b5-3+,6-4+. The molecule has 66 valence electrons. The average Bonchev–Trinajstić information content (AvgIpc) is 2.89. The minimum atomic E-state index is 0.431. The Morgan fingerprint density at radius 3 is 1.67 bits per heavy atom. The monoisotopic (exact) mass is 166 g/mol. The van der Waals surface area contributed by atoms with Crippen molar-refractivity contribution in [3.05, 3.63) is 24.3 Å². The fraction of sp³-hybridized carbons (Fsp3) is 0.600. The molecule has 12 heavy (non-hydrogen) atoms. The predicted molar refractivity (Wildman–Crippen MR) is 47.0 cm³/mol. The highest BCUT2D eigenvalue weighted by Gasteiger charge is 2.18. The van der Waals surface area contributed by atoms with Crippen LogP contribution in [0.4, 0.5) is 0 Å². The Morgan fingerprint density at radius 2 is 1.33 bits per heavy atom. The summed E-state index contributed by atoms with van der Waals surface area (Å²) in [5.74, 6) is 0. The van der Waals surface area contributed by atoms with E-state index < -0.39 is 0 Å². The predicted octanol–water partition coefficient (Wildman–Crippen LogP) is 1.68. The first-order chi connectivity index (χ1) is 5.95. The molecule has 2 fully saturated rings. The lowest BCUT2D eigenvalue weighted by Gasteiger charge is -1.84. The van der Waals surface area contributed by atoms with E-state index in [9.17, 15) is 0 Å². The fourth-order valence-corrected chi connectivity index (χ4v) is 1.02. The summed E-state index contributed by atoms with van der Waals surface area (Å²) in [4.78, 5) is 0. The van der Waals surface area contributed by atoms with E-state index in [-0.39, 0.29) is 0 Å². The Morgan fingerprint density at radius 1 is 0.917 bits per heavy atom. The van der Waals surface area contributed by atoms with Gasteiger partial charge in [0.05, 0.1) is 25.4 Å². The topological polar surface area (TPSA) is 25.1 Å². The minimum absolute atomic E-state index is 0.431. The van der Waals surface area contributed by atoms with Crippen molar-refractivity contribution in [2.75, 3.05) is 13.2 Å². The Kier molecular flexibility index (Phi) is 2.59. The fourth-order valence-electron chi connectivity index (χ4n) is 1.02. The van der Waals surface area contributed by atoms with Crippen LogP contribution in [-0.2, 0) is 9.47 Å². The van der Waals surface area contributed by atoms with Crippen molar-refractivity contribution < 1.29 is 9.47 Å². The molecule has 2 atom stereocenters. The molecule has 2 heterocycles. The van der Waals surface area contributed by atoms with Gasteiger partial charge in [-0.05, 0) is 12.8 Å². The molecule has 2 saturated heterocycles. The van der Waals surface area contributed by atoms with Gasteiger partial charge in [-0.2, -0.15) is 0 Å². The van der Waals surface area contributed by atoms with Crippen LogP contribution in [0.2, 0.25) is 0 Å². The third-order valence-electron chi connectivity index (χ3n) is 1.92. The van der Waals surface area contributed by atoms with Crippen LogP contribution >= 0.6 is 0 Å². The summed E-state index contributed by atoms with van der Waals surface area (Å²) in [6.07, 6.45) is 11.8. The Balaban J connectivity index is 1.49. The van der Waals surface area contributed by atoms with Gasteiger partial charge in [0.25, 0.3) is 0 Å². The van der Waals surface area contributed by atoms with Gasteiger partial charge in [-0.15, -0.1) is 0 Å². The molecule has 0 amide bonds. The Hall–Kier alpha value is -0.600. The first kappa shape index (κ1) is 8.02. The maximum absolute atomic E-state index is 5.04. The third-order valence-corrected chi connectivity index (χ3v) is 1.92. The summed E-state index contributed by atoms with van der Waals surface area (Å²) >= 11 is 0. The zero-order valence-electron chi connectivity index (χ0n) is 7.11. The second-order valence-corrected chi connectivity index (χ2v) is 3.18. The molecule has 2 aliphatic heterocycles. The van der Waals surface area contributed by atoms with E-state index in [2.05, 4.69) is 24.3 Å². The van der Waals surface area contributed by atoms with Gasteiger partial charge < -0.3 is 9.47 Å². The number of hydrogen-bond acceptors (Lipinski definition) is 2. The average molecular weight is 166 g/mol. The normalized spacial score (nSPS) is 33.3. The molecule has 0 aliphatic carbocycles. The summed E-state index contributed by atoms with van der Waals surface area (Å²) in [5.41, 5.74) is 0. The van der Waals surface area contributed by atoms with Gasteiger partial charge in [0.1, 0.15) is 0 Å². The van der Waals surface area contributed by atoms with Crippen LogP contribution in [0, 0.1) is 0 Å². The van der Waals surface area contributed by atoms with E-state index >= 15 is 0 Å². The highest BCUT2D eigenvalue weighted by molar-refractivity contribution is 4.99. The summed E-state index contributed by atoms with van der Waals surface area (Å²) < 4.78 is 10.1. The first-order valence-corrected chi connectivity index (χ1v) is 4.52. The van der Waals surface area contributed by atoms with E-state index in [0.29, 0.717) is 12.2 Å². The van der Waals surface area contributed by atoms with Crippen molar-refractivity contribution in [3.8, 4) is 0 Å². The third kappa shape index (κ3) is 3.20. The summed E-state index contributed by atoms with van der Waals surface area (Å²) in [7, 11) is 0. The second-order valence-electron chi connectivity index (χ2n) is 3.18. The molecule has 0 aromatic carbocycles. The molecule has 2 aliphatic rings. The molecular formula is C10H14O2. The zero-order chi connectivity index (χ0) is 8.23. The molecule has 2 nitrogen and oxygen atoms in total. The minimum Gasteiger partial charge on any atom is -0.369 e. The van der Waals surface area contributed by atoms with E-state index in [1.165, 1.54) is 0 Å². The van der Waals surface area contributed by atoms with Crippen molar-refractivity contribution in [1.29, 1.82) is 0 Å². The number of hydrogen-bond donors (Lipinski definition) is 0. The van der Waals surface area contributed by atoms with Gasteiger partial charge in [-0.3, -0.25) is 0 Å². The Bertz CT molecular complexity index is 166. The summed E-state index contributed by atoms with van der Waals surface area (Å²) in [6.45, 7) is 1.84. The van der Waals surface area contributed by atoms with Crippen molar-refractivity contribution in [2.24, 2.45) is 0 Å². The van der Waals surface area contributed by atoms with Crippen molar-refractivity contribution in [3.63, 3.8) is 0 Å². The highest BCUT2D eigenvalue weighted by Crippen LogP contribution is 2.12. The maximum Gasteiger partial charge on any atom is 0.0991 e. The van der Waals surface area contributed by atoms with Gasteiger partial charge in [0, 0.05) is 0 Å². The van der Waals surface area contributed by atoms with Gasteiger partial charge in [-0.1, -0.05) is 24.3 Å². The number of allylic oxidation sites excluding steroid dienone is 2. The van der Waals surface area contributed by atoms with E-state index in [0.717, 1.165) is 26.1 Å². The lowest BCUT2D eigenvalue weighted by atomic mass is 10.2. The number of rotatable bonds is 5. The number of unbranched alkanes of at least 4 members (excludes halogenated alkanes) is 1. The van der Waals surface area contributed by atoms with E-state index in [1.807, 2.05) is 0 Å². The molecule has 0 aromatic heterocycles. The zero-order valence-corrected chi connectivity index (χ0v) is 7.11. The smallest absolute Gasteiger partial charge is 0.0991 e. The first-order valence-electron chi connectivity index (χ1n) is 4.52. The molecule has 0 aromatic rings. The molecule has 2 unspecified atom stereocenters. The SMILES string of the molecule is C(=C\C1CO1)/CC/C=C/C1CO1. The Labute approximate surface area is 72.9 Å². The molecule has 0 spiro atoms. The molecule has 2 heteroatoms. The highest BCUT2D eigenvalue weighted by atomic mass is 16.6. The molecule has 0 saturated carbocycles. The molecule has 2 rings (SSSR count). The van der Waals surface area contributed by atoms with Crippen molar-refractivity contribution >= 4 is 0 Å². The van der Waals surface area contributed by atoms with Crippen molar-refractivity contribution in [1.82, 2.24) is 0 Å². The summed E-state index contributed by atoms with van der Waals surface area (Å²) in [5, 5.41) is 0. The van der Waals surface area contributed by atoms with Gasteiger partial charge >= 0.3 is 0 Å². The number of epoxide rings is 2. The molecule has 0 bridgehead atoms. The van der Waals surface area contributed by atoms with Gasteiger partial charge in [-0.25, -0.2) is 0 Å². The lowest BCUT2D eigenvalue weighted by molar-refractivity contribution is 0.439. The van der Waals surface area contributed by atoms with E-state index in [4.69, 9.17) is 9.47 Å². The molecule has 0 radical (unpaired) electrons. The van der Waals surface area contributed by atoms with Crippen molar-refractivity contribution in [2.45, 2.75) is 25.0 Å². The van der Waals surface area contributed by atoms with Crippen LogP contribution in [0.1, 0.15) is 12.8 Å². The van der Waals surface area contributed by atoms with Crippen LogP contribution in [0.5, 0.6) is 0 Å². The van der Waals surface area contributed by atoms with Crippen LogP contribution in [0.15, 0.2) is 24.3 Å². The van der Waals surface area contributed by atoms with E-state index in [1.54, 1.807) is 0 Å². The largest absolute Gasteiger partial charge is 0.369 e. The molecule has 0 N–H and O–H groups in total. The van der Waals surface area contributed by atoms with Crippen LogP contribution in [0.25, 0.3) is 0 Å². The van der Waals surface area contributed by atoms with Crippen LogP contribution < -0.4 is 0 Å². The maximum atomic E-state index is 5.04. The van der Waals surface area contributed by atoms with Gasteiger partial charge in [0.2, 0.25) is 0 Å². The van der Waals surface area contributed by atoms with Crippen LogP contribution in [-0.4, -0.2) is 25.4 Å². The quantitative estimate of drug-likeness (QED) is 0.352. The lowest BCUT2D eigenvalue weighted by Crippen LogP contribution is -1.75. The second kappa shape index (κ2) is 3.87.